The molecule has 1 aromatic carbocycles. The van der Waals surface area contributed by atoms with E-state index in [0.29, 0.717) is 6.54 Å². The number of hydrogen-bond donors (Lipinski definition) is 1. The van der Waals surface area contributed by atoms with Crippen LogP contribution in [0.15, 0.2) is 22.7 Å². The maximum Gasteiger partial charge on any atom is 0.321 e. The van der Waals surface area contributed by atoms with Crippen LogP contribution < -0.4 is 5.32 Å². The Bertz CT molecular complexity index is 382. The minimum Gasteiger partial charge on any atom is -0.468 e. The molecule has 0 aliphatic heterocycles. The van der Waals surface area contributed by atoms with E-state index in [1.54, 1.807) is 0 Å². The highest BCUT2D eigenvalue weighted by molar-refractivity contribution is 9.10. The molecule has 1 N–H and O–H groups in total. The van der Waals surface area contributed by atoms with Gasteiger partial charge in [0, 0.05) is 16.7 Å². The second kappa shape index (κ2) is 6.25. The first-order valence-corrected chi connectivity index (χ1v) is 6.47. The van der Waals surface area contributed by atoms with Crippen molar-refractivity contribution in [2.24, 2.45) is 0 Å². The van der Waals surface area contributed by atoms with Crippen LogP contribution in [0.2, 0.25) is 0 Å². The van der Waals surface area contributed by atoms with Crippen molar-refractivity contribution in [2.45, 2.75) is 11.8 Å². The minimum atomic E-state index is -0.337. The third-order valence-electron chi connectivity index (χ3n) is 2.13. The summed E-state index contributed by atoms with van der Waals surface area (Å²) < 4.78 is 5.62. The van der Waals surface area contributed by atoms with Crippen molar-refractivity contribution < 1.29 is 9.53 Å². The molecule has 0 aliphatic rings. The quantitative estimate of drug-likeness (QED) is 0.669. The van der Waals surface area contributed by atoms with E-state index in [0.717, 1.165) is 15.7 Å². The van der Waals surface area contributed by atoms with Crippen LogP contribution in [0.3, 0.4) is 0 Å². The molecule has 0 heterocycles. The van der Waals surface area contributed by atoms with E-state index in [4.69, 9.17) is 0 Å². The predicted molar refractivity (Wildman–Crippen MR) is 72.1 cm³/mol. The molecule has 1 aromatic rings. The number of aryl methyl sites for hydroxylation is 1. The molecule has 0 saturated heterocycles. The molecular formula is C11H13Br2NO2. The van der Waals surface area contributed by atoms with Crippen LogP contribution >= 0.6 is 31.9 Å². The van der Waals surface area contributed by atoms with E-state index in [1.165, 1.54) is 7.11 Å². The summed E-state index contributed by atoms with van der Waals surface area (Å²) in [5, 5.41) is 3.19. The molecule has 0 fully saturated rings. The van der Waals surface area contributed by atoms with Gasteiger partial charge in [-0.1, -0.05) is 37.9 Å². The van der Waals surface area contributed by atoms with Crippen LogP contribution in [0.4, 0.5) is 5.69 Å². The van der Waals surface area contributed by atoms with Gasteiger partial charge in [-0.3, -0.25) is 4.79 Å². The highest BCUT2D eigenvalue weighted by Crippen LogP contribution is 2.20. The van der Waals surface area contributed by atoms with Gasteiger partial charge in [-0.05, 0) is 24.6 Å². The first kappa shape index (κ1) is 13.5. The number of carbonyl (C=O) groups is 1. The van der Waals surface area contributed by atoms with Gasteiger partial charge < -0.3 is 10.1 Å². The number of alkyl halides is 1. The number of anilines is 1. The third-order valence-corrected chi connectivity index (χ3v) is 3.32. The number of halogens is 2. The SMILES string of the molecule is COC(=O)C(Br)CNc1cc(Br)ccc1C. The molecule has 5 heteroatoms. The van der Waals surface area contributed by atoms with Crippen molar-refractivity contribution in [3.05, 3.63) is 28.2 Å². The lowest BCUT2D eigenvalue weighted by molar-refractivity contribution is -0.139. The molecule has 16 heavy (non-hydrogen) atoms. The normalized spacial score (nSPS) is 12.0. The highest BCUT2D eigenvalue weighted by Gasteiger charge is 2.14. The molecule has 0 saturated carbocycles. The van der Waals surface area contributed by atoms with Gasteiger partial charge in [-0.25, -0.2) is 0 Å². The lowest BCUT2D eigenvalue weighted by Crippen LogP contribution is -2.24. The fourth-order valence-electron chi connectivity index (χ4n) is 1.20. The van der Waals surface area contributed by atoms with Crippen molar-refractivity contribution >= 4 is 43.5 Å². The van der Waals surface area contributed by atoms with Crippen LogP contribution in [0.5, 0.6) is 0 Å². The Morgan fingerprint density at radius 2 is 2.25 bits per heavy atom. The number of carbonyl (C=O) groups excluding carboxylic acids is 1. The second-order valence-electron chi connectivity index (χ2n) is 3.33. The summed E-state index contributed by atoms with van der Waals surface area (Å²) in [5.41, 5.74) is 2.13. The molecule has 0 amide bonds. The highest BCUT2D eigenvalue weighted by atomic mass is 79.9. The maximum atomic E-state index is 11.2. The summed E-state index contributed by atoms with van der Waals surface area (Å²) in [6, 6.07) is 5.96. The Hall–Kier alpha value is -0.550. The predicted octanol–water partition coefficient (Wildman–Crippen LogP) is 3.11. The first-order valence-electron chi connectivity index (χ1n) is 4.76. The van der Waals surface area contributed by atoms with Crippen molar-refractivity contribution in [3.63, 3.8) is 0 Å². The summed E-state index contributed by atoms with van der Waals surface area (Å²) in [7, 11) is 1.38. The number of hydrogen-bond acceptors (Lipinski definition) is 3. The van der Waals surface area contributed by atoms with Crippen LogP contribution in [-0.4, -0.2) is 24.5 Å². The number of nitrogens with one attached hydrogen (secondary N) is 1. The molecular weight excluding hydrogens is 338 g/mol. The number of benzene rings is 1. The lowest BCUT2D eigenvalue weighted by Gasteiger charge is -2.12. The fourth-order valence-corrected chi connectivity index (χ4v) is 1.91. The average Bonchev–Trinajstić information content (AvgIpc) is 2.28. The van der Waals surface area contributed by atoms with Crippen LogP contribution in [0, 0.1) is 6.92 Å². The van der Waals surface area contributed by atoms with Gasteiger partial charge in [-0.15, -0.1) is 0 Å². The van der Waals surface area contributed by atoms with Crippen molar-refractivity contribution in [3.8, 4) is 0 Å². The van der Waals surface area contributed by atoms with Gasteiger partial charge in [0.05, 0.1) is 7.11 Å². The zero-order chi connectivity index (χ0) is 12.1. The Morgan fingerprint density at radius 3 is 2.88 bits per heavy atom. The molecule has 0 radical (unpaired) electrons. The molecule has 88 valence electrons. The van der Waals surface area contributed by atoms with Crippen molar-refractivity contribution in [1.29, 1.82) is 0 Å². The molecule has 0 aromatic heterocycles. The third kappa shape index (κ3) is 3.79. The van der Waals surface area contributed by atoms with Crippen molar-refractivity contribution in [1.82, 2.24) is 0 Å². The zero-order valence-corrected chi connectivity index (χ0v) is 12.3. The topological polar surface area (TPSA) is 38.3 Å². The maximum absolute atomic E-state index is 11.2. The summed E-state index contributed by atoms with van der Waals surface area (Å²) in [4.78, 5) is 10.8. The number of methoxy groups -OCH3 is 1. The molecule has 3 nitrogen and oxygen atoms in total. The molecule has 1 atom stereocenters. The number of esters is 1. The summed E-state index contributed by atoms with van der Waals surface area (Å²) in [5.74, 6) is -0.278. The van der Waals surface area contributed by atoms with Gasteiger partial charge >= 0.3 is 5.97 Å². The van der Waals surface area contributed by atoms with Gasteiger partial charge in [0.15, 0.2) is 0 Å². The molecule has 0 bridgehead atoms. The summed E-state index contributed by atoms with van der Waals surface area (Å²) in [6.45, 7) is 2.50. The van der Waals surface area contributed by atoms with Crippen LogP contribution in [0.1, 0.15) is 5.56 Å². The standard InChI is InChI=1S/C11H13Br2NO2/c1-7-3-4-8(12)5-10(7)14-6-9(13)11(15)16-2/h3-5,9,14H,6H2,1-2H3. The van der Waals surface area contributed by atoms with Gasteiger partial charge in [-0.2, -0.15) is 0 Å². The molecule has 0 spiro atoms. The average molecular weight is 351 g/mol. The van der Waals surface area contributed by atoms with Crippen molar-refractivity contribution in [2.75, 3.05) is 19.0 Å². The van der Waals surface area contributed by atoms with Crippen LogP contribution in [-0.2, 0) is 9.53 Å². The largest absolute Gasteiger partial charge is 0.468 e. The van der Waals surface area contributed by atoms with E-state index < -0.39 is 0 Å². The Morgan fingerprint density at radius 1 is 1.56 bits per heavy atom. The van der Waals surface area contributed by atoms with Gasteiger partial charge in [0.1, 0.15) is 4.83 Å². The first-order chi connectivity index (χ1) is 7.54. The molecule has 1 unspecified atom stereocenters. The van der Waals surface area contributed by atoms with E-state index in [1.807, 2.05) is 25.1 Å². The summed E-state index contributed by atoms with van der Waals surface area (Å²) >= 11 is 6.66. The second-order valence-corrected chi connectivity index (χ2v) is 5.35. The Labute approximate surface area is 112 Å². The van der Waals surface area contributed by atoms with E-state index in [9.17, 15) is 4.79 Å². The van der Waals surface area contributed by atoms with Gasteiger partial charge in [0.2, 0.25) is 0 Å². The number of rotatable bonds is 4. The Balaban J connectivity index is 2.60. The molecule has 0 aliphatic carbocycles. The van der Waals surface area contributed by atoms with E-state index in [-0.39, 0.29) is 10.8 Å². The monoisotopic (exact) mass is 349 g/mol. The fraction of sp³-hybridized carbons (Fsp3) is 0.364. The molecule has 1 rings (SSSR count). The minimum absolute atomic E-state index is 0.278. The zero-order valence-electron chi connectivity index (χ0n) is 9.09. The number of ether oxygens (including phenoxy) is 1. The Kier molecular flexibility index (Phi) is 5.28. The van der Waals surface area contributed by atoms with Gasteiger partial charge in [0.25, 0.3) is 0 Å². The lowest BCUT2D eigenvalue weighted by atomic mass is 10.2. The van der Waals surface area contributed by atoms with E-state index >= 15 is 0 Å². The smallest absolute Gasteiger partial charge is 0.321 e. The van der Waals surface area contributed by atoms with Crippen LogP contribution in [0.25, 0.3) is 0 Å². The van der Waals surface area contributed by atoms with E-state index in [2.05, 4.69) is 41.9 Å². The summed E-state index contributed by atoms with van der Waals surface area (Å²) in [6.07, 6.45) is 0.